The lowest BCUT2D eigenvalue weighted by Gasteiger charge is -2.16. The van der Waals surface area contributed by atoms with E-state index in [0.717, 1.165) is 11.3 Å². The van der Waals surface area contributed by atoms with E-state index in [1.165, 1.54) is 11.3 Å². The van der Waals surface area contributed by atoms with Gasteiger partial charge < -0.3 is 9.84 Å². The minimum absolute atomic E-state index is 0.223. The molecule has 1 rings (SSSR count). The molecule has 2 unspecified atom stereocenters. The van der Waals surface area contributed by atoms with Crippen molar-refractivity contribution in [2.45, 2.75) is 19.4 Å². The standard InChI is InChI=1S/C9H15NO2S/c1-7(3-4-12-2)9(11)8-5-10-6-13-8/h5-7,9,11H,3-4H2,1-2H3. The average molecular weight is 201 g/mol. The van der Waals surface area contributed by atoms with E-state index >= 15 is 0 Å². The zero-order valence-electron chi connectivity index (χ0n) is 7.93. The lowest BCUT2D eigenvalue weighted by atomic mass is 10.0. The van der Waals surface area contributed by atoms with Crippen molar-refractivity contribution < 1.29 is 9.84 Å². The molecule has 0 spiro atoms. The van der Waals surface area contributed by atoms with E-state index in [0.29, 0.717) is 6.61 Å². The van der Waals surface area contributed by atoms with Crippen LogP contribution in [0.25, 0.3) is 0 Å². The fraction of sp³-hybridized carbons (Fsp3) is 0.667. The van der Waals surface area contributed by atoms with Crippen LogP contribution in [0.15, 0.2) is 11.7 Å². The van der Waals surface area contributed by atoms with Crippen LogP contribution in [-0.4, -0.2) is 23.8 Å². The SMILES string of the molecule is COCCC(C)C(O)c1cncs1. The Morgan fingerprint density at radius 2 is 2.46 bits per heavy atom. The number of thiazole rings is 1. The summed E-state index contributed by atoms with van der Waals surface area (Å²) in [6.45, 7) is 2.71. The Balaban J connectivity index is 2.43. The van der Waals surface area contributed by atoms with E-state index in [9.17, 15) is 5.11 Å². The largest absolute Gasteiger partial charge is 0.387 e. The molecule has 0 saturated heterocycles. The number of hydrogen-bond acceptors (Lipinski definition) is 4. The fourth-order valence-corrected chi connectivity index (χ4v) is 1.85. The van der Waals surface area contributed by atoms with E-state index in [4.69, 9.17) is 4.74 Å². The van der Waals surface area contributed by atoms with Crippen molar-refractivity contribution in [3.8, 4) is 0 Å². The molecule has 0 aliphatic carbocycles. The smallest absolute Gasteiger partial charge is 0.0924 e. The van der Waals surface area contributed by atoms with E-state index in [-0.39, 0.29) is 5.92 Å². The van der Waals surface area contributed by atoms with Crippen LogP contribution in [0.4, 0.5) is 0 Å². The van der Waals surface area contributed by atoms with Crippen molar-refractivity contribution in [1.29, 1.82) is 0 Å². The van der Waals surface area contributed by atoms with Gasteiger partial charge in [0.25, 0.3) is 0 Å². The molecule has 0 radical (unpaired) electrons. The molecule has 4 heteroatoms. The summed E-state index contributed by atoms with van der Waals surface area (Å²) in [7, 11) is 1.67. The first-order valence-corrected chi connectivity index (χ1v) is 5.19. The highest BCUT2D eigenvalue weighted by atomic mass is 32.1. The maximum atomic E-state index is 9.82. The predicted molar refractivity (Wildman–Crippen MR) is 52.7 cm³/mol. The van der Waals surface area contributed by atoms with Crippen molar-refractivity contribution in [3.63, 3.8) is 0 Å². The second kappa shape index (κ2) is 5.32. The Morgan fingerprint density at radius 1 is 1.69 bits per heavy atom. The molecular formula is C9H15NO2S. The Hall–Kier alpha value is -0.450. The Kier molecular flexibility index (Phi) is 4.35. The molecule has 0 fully saturated rings. The molecule has 74 valence electrons. The quantitative estimate of drug-likeness (QED) is 0.790. The van der Waals surface area contributed by atoms with E-state index in [2.05, 4.69) is 4.98 Å². The van der Waals surface area contributed by atoms with Gasteiger partial charge in [-0.25, -0.2) is 0 Å². The van der Waals surface area contributed by atoms with Crippen molar-refractivity contribution in [3.05, 3.63) is 16.6 Å². The molecule has 13 heavy (non-hydrogen) atoms. The summed E-state index contributed by atoms with van der Waals surface area (Å²) in [5.41, 5.74) is 1.74. The van der Waals surface area contributed by atoms with Crippen LogP contribution in [0.3, 0.4) is 0 Å². The van der Waals surface area contributed by atoms with Crippen LogP contribution in [0.1, 0.15) is 24.3 Å². The monoisotopic (exact) mass is 201 g/mol. The number of ether oxygens (including phenoxy) is 1. The Labute approximate surface area is 82.4 Å². The van der Waals surface area contributed by atoms with E-state index < -0.39 is 6.10 Å². The third-order valence-electron chi connectivity index (χ3n) is 2.06. The average Bonchev–Trinajstić information content (AvgIpc) is 2.65. The number of rotatable bonds is 5. The third-order valence-corrected chi connectivity index (χ3v) is 2.91. The van der Waals surface area contributed by atoms with Gasteiger partial charge in [-0.1, -0.05) is 6.92 Å². The lowest BCUT2D eigenvalue weighted by Crippen LogP contribution is -2.10. The molecule has 0 aromatic carbocycles. The second-order valence-corrected chi connectivity index (χ2v) is 4.03. The topological polar surface area (TPSA) is 42.4 Å². The van der Waals surface area contributed by atoms with Gasteiger partial charge in [-0.05, 0) is 12.3 Å². The van der Waals surface area contributed by atoms with Crippen molar-refractivity contribution in [2.75, 3.05) is 13.7 Å². The van der Waals surface area contributed by atoms with Crippen LogP contribution >= 0.6 is 11.3 Å². The molecule has 1 aromatic heterocycles. The fourth-order valence-electron chi connectivity index (χ4n) is 1.11. The predicted octanol–water partition coefficient (Wildman–Crippen LogP) is 1.85. The molecule has 0 aliphatic rings. The summed E-state index contributed by atoms with van der Waals surface area (Å²) in [5, 5.41) is 9.82. The summed E-state index contributed by atoms with van der Waals surface area (Å²) < 4.78 is 4.96. The number of methoxy groups -OCH3 is 1. The number of aliphatic hydroxyl groups is 1. The van der Waals surface area contributed by atoms with Gasteiger partial charge in [0, 0.05) is 19.9 Å². The molecule has 1 aromatic rings. The molecule has 0 saturated carbocycles. The zero-order valence-corrected chi connectivity index (χ0v) is 8.75. The van der Waals surface area contributed by atoms with Crippen molar-refractivity contribution >= 4 is 11.3 Å². The van der Waals surface area contributed by atoms with Gasteiger partial charge in [-0.3, -0.25) is 4.98 Å². The summed E-state index contributed by atoms with van der Waals surface area (Å²) in [5.74, 6) is 0.223. The highest BCUT2D eigenvalue weighted by Gasteiger charge is 2.17. The summed E-state index contributed by atoms with van der Waals surface area (Å²) in [4.78, 5) is 4.87. The molecule has 0 amide bonds. The van der Waals surface area contributed by atoms with Gasteiger partial charge in [-0.15, -0.1) is 11.3 Å². The molecule has 2 atom stereocenters. The normalized spacial score (nSPS) is 15.6. The van der Waals surface area contributed by atoms with Crippen LogP contribution in [0, 0.1) is 5.92 Å². The summed E-state index contributed by atoms with van der Waals surface area (Å²) in [6.07, 6.45) is 2.19. The van der Waals surface area contributed by atoms with Crippen LogP contribution in [-0.2, 0) is 4.74 Å². The molecule has 3 nitrogen and oxygen atoms in total. The van der Waals surface area contributed by atoms with Gasteiger partial charge in [0.1, 0.15) is 0 Å². The first-order chi connectivity index (χ1) is 6.25. The highest BCUT2D eigenvalue weighted by Crippen LogP contribution is 2.26. The number of aromatic nitrogens is 1. The third kappa shape index (κ3) is 3.06. The van der Waals surface area contributed by atoms with Gasteiger partial charge in [0.05, 0.1) is 16.5 Å². The molecule has 0 aliphatic heterocycles. The summed E-state index contributed by atoms with van der Waals surface area (Å²) >= 11 is 1.49. The first-order valence-electron chi connectivity index (χ1n) is 4.31. The van der Waals surface area contributed by atoms with Crippen LogP contribution in [0.2, 0.25) is 0 Å². The summed E-state index contributed by atoms with van der Waals surface area (Å²) in [6, 6.07) is 0. The molecule has 1 heterocycles. The van der Waals surface area contributed by atoms with Crippen molar-refractivity contribution in [1.82, 2.24) is 4.98 Å². The van der Waals surface area contributed by atoms with Gasteiger partial charge in [0.2, 0.25) is 0 Å². The van der Waals surface area contributed by atoms with Crippen LogP contribution in [0.5, 0.6) is 0 Å². The van der Waals surface area contributed by atoms with E-state index in [1.54, 1.807) is 18.8 Å². The number of hydrogen-bond donors (Lipinski definition) is 1. The Morgan fingerprint density at radius 3 is 3.00 bits per heavy atom. The lowest BCUT2D eigenvalue weighted by molar-refractivity contribution is 0.0910. The first kappa shape index (κ1) is 10.6. The molecular weight excluding hydrogens is 186 g/mol. The highest BCUT2D eigenvalue weighted by molar-refractivity contribution is 7.09. The molecule has 1 N–H and O–H groups in total. The van der Waals surface area contributed by atoms with Crippen molar-refractivity contribution in [2.24, 2.45) is 5.92 Å². The minimum atomic E-state index is -0.400. The second-order valence-electron chi connectivity index (χ2n) is 3.11. The molecule has 0 bridgehead atoms. The van der Waals surface area contributed by atoms with Gasteiger partial charge in [0.15, 0.2) is 0 Å². The van der Waals surface area contributed by atoms with Gasteiger partial charge in [-0.2, -0.15) is 0 Å². The van der Waals surface area contributed by atoms with Crippen LogP contribution < -0.4 is 0 Å². The maximum Gasteiger partial charge on any atom is 0.0924 e. The Bertz CT molecular complexity index is 226. The number of nitrogens with zero attached hydrogens (tertiary/aromatic N) is 1. The number of aliphatic hydroxyl groups excluding tert-OH is 1. The zero-order chi connectivity index (χ0) is 9.68. The van der Waals surface area contributed by atoms with E-state index in [1.807, 2.05) is 6.92 Å². The maximum absolute atomic E-state index is 9.82. The minimum Gasteiger partial charge on any atom is -0.387 e. The van der Waals surface area contributed by atoms with Gasteiger partial charge >= 0.3 is 0 Å².